The summed E-state index contributed by atoms with van der Waals surface area (Å²) in [5.41, 5.74) is 7.17. The number of β-amino-alcohol motifs (C(OH)–C–C–N with tert-alkyl or cyclic N) is 1. The van der Waals surface area contributed by atoms with E-state index in [2.05, 4.69) is 23.8 Å². The van der Waals surface area contributed by atoms with Gasteiger partial charge in [0.2, 0.25) is 0 Å². The highest BCUT2D eigenvalue weighted by Gasteiger charge is 2.34. The molecule has 3 N–H and O–H groups in total. The Hall–Kier alpha value is -1.56. The second-order valence-corrected chi connectivity index (χ2v) is 7.55. The standard InChI is InChI=1S/C17H20Cl2N4O/c1-17(2)6-7-23(9-12(17)24)13-8-21-15(16(20)22-13)10-4-3-5-11(18)14(10)19/h3-5,8,12,24H,6-7,9H2,1-2H3,(H2,20,22). The fourth-order valence-electron chi connectivity index (χ4n) is 2.79. The maximum Gasteiger partial charge on any atom is 0.152 e. The normalized spacial score (nSPS) is 20.2. The molecule has 1 aliphatic heterocycles. The van der Waals surface area contributed by atoms with Crippen molar-refractivity contribution in [2.24, 2.45) is 5.41 Å². The third kappa shape index (κ3) is 3.16. The zero-order valence-corrected chi connectivity index (χ0v) is 15.1. The lowest BCUT2D eigenvalue weighted by Crippen LogP contribution is -2.48. The van der Waals surface area contributed by atoms with E-state index >= 15 is 0 Å². The number of rotatable bonds is 2. The van der Waals surface area contributed by atoms with E-state index in [9.17, 15) is 5.11 Å². The highest BCUT2D eigenvalue weighted by molar-refractivity contribution is 6.43. The second-order valence-electron chi connectivity index (χ2n) is 6.76. The van der Waals surface area contributed by atoms with Crippen LogP contribution in [0.4, 0.5) is 11.6 Å². The molecule has 1 fully saturated rings. The monoisotopic (exact) mass is 366 g/mol. The fraction of sp³-hybridized carbons (Fsp3) is 0.412. The first kappa shape index (κ1) is 17.3. The van der Waals surface area contributed by atoms with Crippen LogP contribution in [0.2, 0.25) is 10.0 Å². The molecule has 5 nitrogen and oxygen atoms in total. The lowest BCUT2D eigenvalue weighted by Gasteiger charge is -2.41. The SMILES string of the molecule is CC1(C)CCN(c2cnc(-c3cccc(Cl)c3Cl)c(N)n2)CC1O. The van der Waals surface area contributed by atoms with Gasteiger partial charge in [-0.05, 0) is 17.9 Å². The maximum absolute atomic E-state index is 10.3. The van der Waals surface area contributed by atoms with E-state index in [0.29, 0.717) is 33.7 Å². The van der Waals surface area contributed by atoms with Gasteiger partial charge in [-0.2, -0.15) is 0 Å². The molecule has 128 valence electrons. The van der Waals surface area contributed by atoms with Crippen LogP contribution in [0.5, 0.6) is 0 Å². The highest BCUT2D eigenvalue weighted by atomic mass is 35.5. The van der Waals surface area contributed by atoms with Gasteiger partial charge < -0.3 is 15.7 Å². The summed E-state index contributed by atoms with van der Waals surface area (Å²) >= 11 is 12.3. The summed E-state index contributed by atoms with van der Waals surface area (Å²) in [4.78, 5) is 10.9. The highest BCUT2D eigenvalue weighted by Crippen LogP contribution is 2.36. The predicted octanol–water partition coefficient (Wildman–Crippen LogP) is 3.63. The van der Waals surface area contributed by atoms with Gasteiger partial charge in [0, 0.05) is 18.7 Å². The van der Waals surface area contributed by atoms with E-state index in [1.807, 2.05) is 4.90 Å². The van der Waals surface area contributed by atoms with Gasteiger partial charge in [0.15, 0.2) is 5.82 Å². The number of nitrogens with two attached hydrogens (primary N) is 1. The van der Waals surface area contributed by atoms with Gasteiger partial charge in [-0.3, -0.25) is 0 Å². The van der Waals surface area contributed by atoms with E-state index in [1.54, 1.807) is 24.4 Å². The van der Waals surface area contributed by atoms with Crippen LogP contribution in [0.25, 0.3) is 11.3 Å². The molecule has 1 unspecified atom stereocenters. The van der Waals surface area contributed by atoms with Gasteiger partial charge in [0.05, 0.1) is 22.3 Å². The topological polar surface area (TPSA) is 75.3 Å². The van der Waals surface area contributed by atoms with Crippen molar-refractivity contribution in [1.82, 2.24) is 9.97 Å². The molecule has 7 heteroatoms. The second kappa shape index (κ2) is 6.39. The summed E-state index contributed by atoms with van der Waals surface area (Å²) in [7, 11) is 0. The number of nitrogens with zero attached hydrogens (tertiary/aromatic N) is 3. The molecule has 1 atom stereocenters. The molecular weight excluding hydrogens is 347 g/mol. The van der Waals surface area contributed by atoms with Gasteiger partial charge in [-0.1, -0.05) is 49.2 Å². The molecule has 1 aromatic carbocycles. The molecule has 0 saturated carbocycles. The third-order valence-electron chi connectivity index (χ3n) is 4.64. The average molecular weight is 367 g/mol. The lowest BCUT2D eigenvalue weighted by atomic mass is 9.80. The molecule has 2 aromatic rings. The summed E-state index contributed by atoms with van der Waals surface area (Å²) in [6.07, 6.45) is 2.11. The van der Waals surface area contributed by atoms with Crippen LogP contribution in [-0.2, 0) is 0 Å². The molecule has 0 aliphatic carbocycles. The summed E-state index contributed by atoms with van der Waals surface area (Å²) in [5.74, 6) is 0.944. The van der Waals surface area contributed by atoms with E-state index in [4.69, 9.17) is 28.9 Å². The van der Waals surface area contributed by atoms with Crippen molar-refractivity contribution in [2.75, 3.05) is 23.7 Å². The molecule has 0 spiro atoms. The minimum atomic E-state index is -0.420. The van der Waals surface area contributed by atoms with Gasteiger partial charge in [-0.25, -0.2) is 9.97 Å². The fourth-order valence-corrected chi connectivity index (χ4v) is 3.18. The van der Waals surface area contributed by atoms with Crippen LogP contribution in [0.15, 0.2) is 24.4 Å². The number of hydrogen-bond donors (Lipinski definition) is 2. The van der Waals surface area contributed by atoms with Crippen molar-refractivity contribution in [1.29, 1.82) is 0 Å². The Morgan fingerprint density at radius 3 is 2.75 bits per heavy atom. The van der Waals surface area contributed by atoms with E-state index in [-0.39, 0.29) is 11.2 Å². The number of aromatic nitrogens is 2. The lowest BCUT2D eigenvalue weighted by molar-refractivity contribution is 0.0349. The van der Waals surface area contributed by atoms with Gasteiger partial charge in [0.1, 0.15) is 11.5 Å². The number of aliphatic hydroxyl groups excluding tert-OH is 1. The Labute approximate surface area is 151 Å². The summed E-state index contributed by atoms with van der Waals surface area (Å²) in [6, 6.07) is 5.31. The minimum absolute atomic E-state index is 0.0935. The van der Waals surface area contributed by atoms with Crippen LogP contribution < -0.4 is 10.6 Å². The van der Waals surface area contributed by atoms with Crippen LogP contribution in [0.1, 0.15) is 20.3 Å². The molecule has 0 amide bonds. The molecule has 1 aromatic heterocycles. The summed E-state index contributed by atoms with van der Waals surface area (Å²) in [6.45, 7) is 5.45. The molecule has 1 saturated heterocycles. The largest absolute Gasteiger partial charge is 0.391 e. The summed E-state index contributed by atoms with van der Waals surface area (Å²) in [5, 5.41) is 11.1. The Balaban J connectivity index is 1.90. The van der Waals surface area contributed by atoms with Gasteiger partial charge >= 0.3 is 0 Å². The Kier molecular flexibility index (Phi) is 4.60. The van der Waals surface area contributed by atoms with E-state index in [0.717, 1.165) is 13.0 Å². The van der Waals surface area contributed by atoms with Gasteiger partial charge in [-0.15, -0.1) is 0 Å². The molecule has 3 rings (SSSR count). The first-order valence-electron chi connectivity index (χ1n) is 7.79. The van der Waals surface area contributed by atoms with E-state index < -0.39 is 6.10 Å². The zero-order valence-electron chi connectivity index (χ0n) is 13.6. The van der Waals surface area contributed by atoms with Crippen molar-refractivity contribution in [2.45, 2.75) is 26.4 Å². The number of benzene rings is 1. The van der Waals surface area contributed by atoms with Gasteiger partial charge in [0.25, 0.3) is 0 Å². The van der Waals surface area contributed by atoms with Crippen LogP contribution >= 0.6 is 23.2 Å². The van der Waals surface area contributed by atoms with Crippen LogP contribution in [0, 0.1) is 5.41 Å². The Morgan fingerprint density at radius 2 is 2.08 bits per heavy atom. The van der Waals surface area contributed by atoms with Crippen molar-refractivity contribution in [3.05, 3.63) is 34.4 Å². The number of piperidine rings is 1. The molecule has 2 heterocycles. The van der Waals surface area contributed by atoms with Crippen LogP contribution in [0.3, 0.4) is 0 Å². The van der Waals surface area contributed by atoms with Crippen molar-refractivity contribution < 1.29 is 5.11 Å². The number of hydrogen-bond acceptors (Lipinski definition) is 5. The molecule has 1 aliphatic rings. The maximum atomic E-state index is 10.3. The quantitative estimate of drug-likeness (QED) is 0.848. The first-order valence-corrected chi connectivity index (χ1v) is 8.55. The number of nitrogen functional groups attached to an aromatic ring is 1. The summed E-state index contributed by atoms with van der Waals surface area (Å²) < 4.78 is 0. The minimum Gasteiger partial charge on any atom is -0.391 e. The molecule has 0 bridgehead atoms. The number of halogens is 2. The predicted molar refractivity (Wildman–Crippen MR) is 98.5 cm³/mol. The number of aliphatic hydroxyl groups is 1. The molecular formula is C17H20Cl2N4O. The van der Waals surface area contributed by atoms with Crippen molar-refractivity contribution in [3.8, 4) is 11.3 Å². The first-order chi connectivity index (χ1) is 11.3. The Bertz CT molecular complexity index is 766. The number of anilines is 2. The van der Waals surface area contributed by atoms with Crippen molar-refractivity contribution >= 4 is 34.8 Å². The smallest absolute Gasteiger partial charge is 0.152 e. The Morgan fingerprint density at radius 1 is 1.33 bits per heavy atom. The van der Waals surface area contributed by atoms with E-state index in [1.165, 1.54) is 0 Å². The third-order valence-corrected chi connectivity index (χ3v) is 5.46. The van der Waals surface area contributed by atoms with Crippen LogP contribution in [-0.4, -0.2) is 34.3 Å². The molecule has 24 heavy (non-hydrogen) atoms. The average Bonchev–Trinajstić information content (AvgIpc) is 2.53. The molecule has 0 radical (unpaired) electrons. The van der Waals surface area contributed by atoms with Crippen molar-refractivity contribution in [3.63, 3.8) is 0 Å². The zero-order chi connectivity index (χ0) is 17.5.